The SMILES string of the molecule is CCC1OCCC1CNc1cccc(F)c1C#N. The van der Waals surface area contributed by atoms with Crippen molar-refractivity contribution >= 4 is 5.69 Å². The first kappa shape index (κ1) is 12.8. The maximum atomic E-state index is 13.4. The summed E-state index contributed by atoms with van der Waals surface area (Å²) in [5, 5.41) is 12.1. The van der Waals surface area contributed by atoms with Gasteiger partial charge >= 0.3 is 0 Å². The van der Waals surface area contributed by atoms with Crippen LogP contribution in [0.4, 0.5) is 10.1 Å². The molecule has 96 valence electrons. The van der Waals surface area contributed by atoms with Gasteiger partial charge in [0, 0.05) is 19.1 Å². The minimum Gasteiger partial charge on any atom is -0.384 e. The molecule has 1 aromatic rings. The van der Waals surface area contributed by atoms with Crippen LogP contribution in [0.15, 0.2) is 18.2 Å². The topological polar surface area (TPSA) is 45.0 Å². The summed E-state index contributed by atoms with van der Waals surface area (Å²) in [7, 11) is 0. The van der Waals surface area contributed by atoms with E-state index < -0.39 is 5.82 Å². The Hall–Kier alpha value is -1.60. The zero-order chi connectivity index (χ0) is 13.0. The molecule has 1 fully saturated rings. The maximum absolute atomic E-state index is 13.4. The van der Waals surface area contributed by atoms with Crippen molar-refractivity contribution in [2.75, 3.05) is 18.5 Å². The number of halogens is 1. The van der Waals surface area contributed by atoms with Crippen LogP contribution in [0.5, 0.6) is 0 Å². The number of hydrogen-bond acceptors (Lipinski definition) is 3. The summed E-state index contributed by atoms with van der Waals surface area (Å²) in [4.78, 5) is 0. The highest BCUT2D eigenvalue weighted by Gasteiger charge is 2.26. The Morgan fingerprint density at radius 2 is 2.39 bits per heavy atom. The minimum atomic E-state index is -0.475. The van der Waals surface area contributed by atoms with Crippen LogP contribution in [0.3, 0.4) is 0 Å². The van der Waals surface area contributed by atoms with E-state index in [9.17, 15) is 4.39 Å². The molecule has 1 heterocycles. The predicted molar refractivity (Wildman–Crippen MR) is 67.7 cm³/mol. The van der Waals surface area contributed by atoms with Crippen LogP contribution < -0.4 is 5.32 Å². The van der Waals surface area contributed by atoms with Crippen molar-refractivity contribution in [2.45, 2.75) is 25.9 Å². The number of anilines is 1. The van der Waals surface area contributed by atoms with Crippen LogP contribution in [-0.2, 0) is 4.74 Å². The monoisotopic (exact) mass is 248 g/mol. The van der Waals surface area contributed by atoms with Crippen molar-refractivity contribution in [3.8, 4) is 6.07 Å². The van der Waals surface area contributed by atoms with E-state index in [4.69, 9.17) is 10.00 Å². The molecule has 1 aliphatic rings. The standard InChI is InChI=1S/C14H17FN2O/c1-2-14-10(6-7-18-14)9-17-13-5-3-4-12(15)11(13)8-16/h3-5,10,14,17H,2,6-7,9H2,1H3. The van der Waals surface area contributed by atoms with E-state index in [2.05, 4.69) is 12.2 Å². The van der Waals surface area contributed by atoms with Gasteiger partial charge in [0.05, 0.1) is 11.8 Å². The largest absolute Gasteiger partial charge is 0.384 e. The zero-order valence-electron chi connectivity index (χ0n) is 10.4. The van der Waals surface area contributed by atoms with Gasteiger partial charge in [-0.1, -0.05) is 13.0 Å². The normalized spacial score (nSPS) is 22.7. The molecule has 0 amide bonds. The van der Waals surface area contributed by atoms with Gasteiger partial charge in [0.1, 0.15) is 17.4 Å². The van der Waals surface area contributed by atoms with Crippen LogP contribution in [0.1, 0.15) is 25.3 Å². The van der Waals surface area contributed by atoms with Crippen LogP contribution in [0.2, 0.25) is 0 Å². The van der Waals surface area contributed by atoms with E-state index in [-0.39, 0.29) is 11.7 Å². The lowest BCUT2D eigenvalue weighted by atomic mass is 9.99. The summed E-state index contributed by atoms with van der Waals surface area (Å²) in [6.45, 7) is 3.61. The van der Waals surface area contributed by atoms with Gasteiger partial charge in [-0.05, 0) is 25.0 Å². The van der Waals surface area contributed by atoms with Crippen molar-refractivity contribution in [2.24, 2.45) is 5.92 Å². The smallest absolute Gasteiger partial charge is 0.143 e. The predicted octanol–water partition coefficient (Wildman–Crippen LogP) is 2.92. The van der Waals surface area contributed by atoms with Gasteiger partial charge in [-0.3, -0.25) is 0 Å². The summed E-state index contributed by atoms with van der Waals surface area (Å²) < 4.78 is 19.0. The maximum Gasteiger partial charge on any atom is 0.143 e. The fourth-order valence-corrected chi connectivity index (χ4v) is 2.40. The zero-order valence-corrected chi connectivity index (χ0v) is 10.4. The quantitative estimate of drug-likeness (QED) is 0.891. The van der Waals surface area contributed by atoms with Crippen molar-refractivity contribution < 1.29 is 9.13 Å². The van der Waals surface area contributed by atoms with Gasteiger partial charge in [-0.15, -0.1) is 0 Å². The molecule has 18 heavy (non-hydrogen) atoms. The first-order valence-corrected chi connectivity index (χ1v) is 6.30. The molecule has 2 atom stereocenters. The lowest BCUT2D eigenvalue weighted by molar-refractivity contribution is 0.0900. The van der Waals surface area contributed by atoms with E-state index in [0.29, 0.717) is 11.6 Å². The molecule has 0 radical (unpaired) electrons. The highest BCUT2D eigenvalue weighted by Crippen LogP contribution is 2.25. The molecule has 1 aliphatic heterocycles. The van der Waals surface area contributed by atoms with E-state index in [0.717, 1.165) is 26.0 Å². The van der Waals surface area contributed by atoms with Crippen LogP contribution in [0.25, 0.3) is 0 Å². The van der Waals surface area contributed by atoms with Gasteiger partial charge in [-0.2, -0.15) is 5.26 Å². The highest BCUT2D eigenvalue weighted by molar-refractivity contribution is 5.57. The summed E-state index contributed by atoms with van der Waals surface area (Å²) >= 11 is 0. The third kappa shape index (κ3) is 2.62. The fraction of sp³-hybridized carbons (Fsp3) is 0.500. The van der Waals surface area contributed by atoms with Crippen molar-refractivity contribution in [1.29, 1.82) is 5.26 Å². The summed E-state index contributed by atoms with van der Waals surface area (Å²) in [6, 6.07) is 6.55. The highest BCUT2D eigenvalue weighted by atomic mass is 19.1. The van der Waals surface area contributed by atoms with E-state index in [1.165, 1.54) is 6.07 Å². The molecule has 2 rings (SSSR count). The first-order chi connectivity index (χ1) is 8.76. The van der Waals surface area contributed by atoms with E-state index in [1.807, 2.05) is 6.07 Å². The molecule has 0 bridgehead atoms. The number of ether oxygens (including phenoxy) is 1. The minimum absolute atomic E-state index is 0.0875. The van der Waals surface area contributed by atoms with E-state index in [1.54, 1.807) is 12.1 Å². The molecule has 0 spiro atoms. The molecule has 0 aromatic heterocycles. The van der Waals surface area contributed by atoms with E-state index >= 15 is 0 Å². The molecule has 1 N–H and O–H groups in total. The Kier molecular flexibility index (Phi) is 4.16. The number of benzene rings is 1. The molecular formula is C14H17FN2O. The summed E-state index contributed by atoms with van der Waals surface area (Å²) in [6.07, 6.45) is 2.28. The Balaban J connectivity index is 2.02. The van der Waals surface area contributed by atoms with Gasteiger partial charge in [0.15, 0.2) is 0 Å². The van der Waals surface area contributed by atoms with Crippen molar-refractivity contribution in [3.63, 3.8) is 0 Å². The summed E-state index contributed by atoms with van der Waals surface area (Å²) in [5.41, 5.74) is 0.656. The van der Waals surface area contributed by atoms with Crippen LogP contribution >= 0.6 is 0 Å². The lowest BCUT2D eigenvalue weighted by Crippen LogP contribution is -2.23. The molecule has 1 aromatic carbocycles. The van der Waals surface area contributed by atoms with Crippen molar-refractivity contribution in [1.82, 2.24) is 0 Å². The first-order valence-electron chi connectivity index (χ1n) is 6.30. The second-order valence-corrected chi connectivity index (χ2v) is 4.52. The summed E-state index contributed by atoms with van der Waals surface area (Å²) in [5.74, 6) is -0.0398. The van der Waals surface area contributed by atoms with Gasteiger partial charge in [0.25, 0.3) is 0 Å². The van der Waals surface area contributed by atoms with Crippen molar-refractivity contribution in [3.05, 3.63) is 29.6 Å². The third-order valence-electron chi connectivity index (χ3n) is 3.43. The number of nitriles is 1. The van der Waals surface area contributed by atoms with Crippen LogP contribution in [-0.4, -0.2) is 19.3 Å². The molecule has 0 saturated carbocycles. The lowest BCUT2D eigenvalue weighted by Gasteiger charge is -2.18. The number of nitrogens with zero attached hydrogens (tertiary/aromatic N) is 1. The molecular weight excluding hydrogens is 231 g/mol. The fourth-order valence-electron chi connectivity index (χ4n) is 2.40. The van der Waals surface area contributed by atoms with Gasteiger partial charge in [0.2, 0.25) is 0 Å². The van der Waals surface area contributed by atoms with Crippen LogP contribution in [0, 0.1) is 23.1 Å². The van der Waals surface area contributed by atoms with Gasteiger partial charge in [-0.25, -0.2) is 4.39 Å². The second-order valence-electron chi connectivity index (χ2n) is 4.52. The Labute approximate surface area is 107 Å². The van der Waals surface area contributed by atoms with Gasteiger partial charge < -0.3 is 10.1 Å². The average Bonchev–Trinajstić information content (AvgIpc) is 2.83. The number of nitrogens with one attached hydrogen (secondary N) is 1. The Morgan fingerprint density at radius 3 is 3.11 bits per heavy atom. The number of rotatable bonds is 4. The molecule has 2 unspecified atom stereocenters. The third-order valence-corrected chi connectivity index (χ3v) is 3.43. The Morgan fingerprint density at radius 1 is 1.56 bits per heavy atom. The Bertz CT molecular complexity index is 456. The molecule has 1 saturated heterocycles. The average molecular weight is 248 g/mol. The second kappa shape index (κ2) is 5.83. The molecule has 3 nitrogen and oxygen atoms in total. The number of hydrogen-bond donors (Lipinski definition) is 1. The molecule has 0 aliphatic carbocycles. The molecule has 4 heteroatoms.